The highest BCUT2D eigenvalue weighted by Crippen LogP contribution is 2.28. The van der Waals surface area contributed by atoms with Gasteiger partial charge in [-0.3, -0.25) is 0 Å². The van der Waals surface area contributed by atoms with Gasteiger partial charge in [0, 0.05) is 30.0 Å². The molecule has 1 aliphatic heterocycles. The Morgan fingerprint density at radius 3 is 2.67 bits per heavy atom. The Bertz CT molecular complexity index is 512. The van der Waals surface area contributed by atoms with E-state index >= 15 is 0 Å². The van der Waals surface area contributed by atoms with Gasteiger partial charge in [0.25, 0.3) is 0 Å². The Balaban J connectivity index is 1.78. The minimum Gasteiger partial charge on any atom is -0.315 e. The number of benzene rings is 1. The zero-order valence-electron chi connectivity index (χ0n) is 10.6. The van der Waals surface area contributed by atoms with Crippen molar-refractivity contribution in [2.24, 2.45) is 0 Å². The number of hydrogen-bond acceptors (Lipinski definition) is 3. The minimum absolute atomic E-state index is 0.642. The Morgan fingerprint density at radius 1 is 1.28 bits per heavy atom. The van der Waals surface area contributed by atoms with Crippen molar-refractivity contribution in [2.75, 3.05) is 13.1 Å². The molecule has 0 amide bonds. The Morgan fingerprint density at radius 2 is 2.06 bits per heavy atom. The molecular weight excluding hydrogens is 240 g/mol. The summed E-state index contributed by atoms with van der Waals surface area (Å²) < 4.78 is 0. The van der Waals surface area contributed by atoms with Gasteiger partial charge >= 0.3 is 0 Å². The van der Waals surface area contributed by atoms with Gasteiger partial charge in [0.05, 0.1) is 10.7 Å². The smallest absolute Gasteiger partial charge is 0.0989 e. The molecule has 0 atom stereocenters. The second-order valence-corrected chi connectivity index (χ2v) is 5.76. The van der Waals surface area contributed by atoms with Crippen molar-refractivity contribution in [3.05, 3.63) is 40.2 Å². The standard InChI is InChI=1S/C15H18N2S/c1-2-3-11-4-6-12(7-5-11)14-10-18-15(17-14)13-8-16-9-13/h4-7,10,13,16H,2-3,8-9H2,1H3. The van der Waals surface area contributed by atoms with Crippen LogP contribution in [0, 0.1) is 0 Å². The van der Waals surface area contributed by atoms with Crippen LogP contribution in [-0.4, -0.2) is 18.1 Å². The van der Waals surface area contributed by atoms with Crippen LogP contribution in [0.25, 0.3) is 11.3 Å². The van der Waals surface area contributed by atoms with Crippen molar-refractivity contribution >= 4 is 11.3 Å². The zero-order chi connectivity index (χ0) is 12.4. The van der Waals surface area contributed by atoms with E-state index in [9.17, 15) is 0 Å². The molecule has 2 heterocycles. The van der Waals surface area contributed by atoms with Gasteiger partial charge in [-0.05, 0) is 12.0 Å². The highest BCUT2D eigenvalue weighted by Gasteiger charge is 2.22. The maximum Gasteiger partial charge on any atom is 0.0989 e. The molecule has 0 saturated carbocycles. The average molecular weight is 258 g/mol. The molecule has 1 aromatic heterocycles. The fourth-order valence-electron chi connectivity index (χ4n) is 2.20. The maximum atomic E-state index is 4.76. The predicted molar refractivity (Wildman–Crippen MR) is 77.2 cm³/mol. The quantitative estimate of drug-likeness (QED) is 0.908. The van der Waals surface area contributed by atoms with E-state index in [4.69, 9.17) is 4.98 Å². The summed E-state index contributed by atoms with van der Waals surface area (Å²) in [7, 11) is 0. The molecule has 1 saturated heterocycles. The molecule has 94 valence electrons. The summed E-state index contributed by atoms with van der Waals surface area (Å²) in [6.07, 6.45) is 2.37. The molecule has 0 bridgehead atoms. The van der Waals surface area contributed by atoms with E-state index in [1.54, 1.807) is 11.3 Å². The highest BCUT2D eigenvalue weighted by molar-refractivity contribution is 7.10. The Kier molecular flexibility index (Phi) is 3.43. The minimum atomic E-state index is 0.642. The number of aromatic nitrogens is 1. The van der Waals surface area contributed by atoms with Gasteiger partial charge < -0.3 is 5.32 Å². The lowest BCUT2D eigenvalue weighted by Crippen LogP contribution is -2.39. The van der Waals surface area contributed by atoms with Crippen molar-refractivity contribution in [3.8, 4) is 11.3 Å². The first-order chi connectivity index (χ1) is 8.86. The van der Waals surface area contributed by atoms with Crippen molar-refractivity contribution in [1.82, 2.24) is 10.3 Å². The summed E-state index contributed by atoms with van der Waals surface area (Å²) in [6.45, 7) is 4.39. The van der Waals surface area contributed by atoms with Crippen LogP contribution in [0.5, 0.6) is 0 Å². The van der Waals surface area contributed by atoms with E-state index in [0.717, 1.165) is 25.2 Å². The van der Waals surface area contributed by atoms with Gasteiger partial charge in [0.15, 0.2) is 0 Å². The summed E-state index contributed by atoms with van der Waals surface area (Å²) in [5.41, 5.74) is 3.79. The van der Waals surface area contributed by atoms with Crippen LogP contribution in [0.15, 0.2) is 29.6 Å². The second kappa shape index (κ2) is 5.21. The molecule has 0 unspecified atom stereocenters. The molecule has 2 nitrogen and oxygen atoms in total. The predicted octanol–water partition coefficient (Wildman–Crippen LogP) is 3.45. The summed E-state index contributed by atoms with van der Waals surface area (Å²) in [6, 6.07) is 8.84. The largest absolute Gasteiger partial charge is 0.315 e. The van der Waals surface area contributed by atoms with Crippen LogP contribution in [0.2, 0.25) is 0 Å². The zero-order valence-corrected chi connectivity index (χ0v) is 11.5. The molecule has 1 N–H and O–H groups in total. The SMILES string of the molecule is CCCc1ccc(-c2csc(C3CNC3)n2)cc1. The fraction of sp³-hybridized carbons (Fsp3) is 0.400. The first-order valence-electron chi connectivity index (χ1n) is 6.62. The van der Waals surface area contributed by atoms with Crippen molar-refractivity contribution in [2.45, 2.75) is 25.7 Å². The fourth-order valence-corrected chi connectivity index (χ4v) is 3.13. The number of hydrogen-bond donors (Lipinski definition) is 1. The van der Waals surface area contributed by atoms with E-state index in [-0.39, 0.29) is 0 Å². The van der Waals surface area contributed by atoms with Gasteiger partial charge in [-0.1, -0.05) is 37.6 Å². The number of nitrogens with one attached hydrogen (secondary N) is 1. The summed E-state index contributed by atoms with van der Waals surface area (Å²) in [5, 5.41) is 6.76. The number of nitrogens with zero attached hydrogens (tertiary/aromatic N) is 1. The van der Waals surface area contributed by atoms with Crippen LogP contribution in [-0.2, 0) is 6.42 Å². The lowest BCUT2D eigenvalue weighted by Gasteiger charge is -2.24. The van der Waals surface area contributed by atoms with Crippen LogP contribution >= 0.6 is 11.3 Å². The molecule has 18 heavy (non-hydrogen) atoms. The Hall–Kier alpha value is -1.19. The van der Waals surface area contributed by atoms with E-state index in [2.05, 4.69) is 41.9 Å². The molecule has 2 aromatic rings. The topological polar surface area (TPSA) is 24.9 Å². The van der Waals surface area contributed by atoms with E-state index in [0.29, 0.717) is 5.92 Å². The second-order valence-electron chi connectivity index (χ2n) is 4.87. The third kappa shape index (κ3) is 2.33. The molecular formula is C15H18N2S. The number of thiazole rings is 1. The normalized spacial score (nSPS) is 15.6. The third-order valence-electron chi connectivity index (χ3n) is 3.44. The Labute approximate surface area is 112 Å². The average Bonchev–Trinajstić information content (AvgIpc) is 2.77. The lowest BCUT2D eigenvalue weighted by molar-refractivity contribution is 0.447. The lowest BCUT2D eigenvalue weighted by atomic mass is 10.0. The third-order valence-corrected chi connectivity index (χ3v) is 4.45. The van der Waals surface area contributed by atoms with Crippen molar-refractivity contribution in [3.63, 3.8) is 0 Å². The molecule has 1 aromatic carbocycles. The summed E-state index contributed by atoms with van der Waals surface area (Å²) in [5.74, 6) is 0.642. The monoisotopic (exact) mass is 258 g/mol. The number of rotatable bonds is 4. The van der Waals surface area contributed by atoms with Gasteiger partial charge in [0.2, 0.25) is 0 Å². The first-order valence-corrected chi connectivity index (χ1v) is 7.50. The number of aryl methyl sites for hydroxylation is 1. The molecule has 1 fully saturated rings. The molecule has 3 heteroatoms. The van der Waals surface area contributed by atoms with Crippen molar-refractivity contribution in [1.29, 1.82) is 0 Å². The van der Waals surface area contributed by atoms with Gasteiger partial charge in [-0.2, -0.15) is 0 Å². The van der Waals surface area contributed by atoms with Crippen LogP contribution in [0.1, 0.15) is 29.8 Å². The van der Waals surface area contributed by atoms with E-state index in [1.165, 1.54) is 22.6 Å². The van der Waals surface area contributed by atoms with E-state index in [1.807, 2.05) is 0 Å². The molecule has 0 spiro atoms. The molecule has 0 radical (unpaired) electrons. The van der Waals surface area contributed by atoms with Crippen LogP contribution in [0.3, 0.4) is 0 Å². The highest BCUT2D eigenvalue weighted by atomic mass is 32.1. The van der Waals surface area contributed by atoms with Gasteiger partial charge in [-0.25, -0.2) is 4.98 Å². The first kappa shape index (κ1) is 11.9. The summed E-state index contributed by atoms with van der Waals surface area (Å²) in [4.78, 5) is 4.76. The molecule has 1 aliphatic rings. The molecule has 0 aliphatic carbocycles. The van der Waals surface area contributed by atoms with Gasteiger partial charge in [0.1, 0.15) is 0 Å². The van der Waals surface area contributed by atoms with Crippen LogP contribution < -0.4 is 5.32 Å². The molecule has 3 rings (SSSR count). The maximum absolute atomic E-state index is 4.76. The van der Waals surface area contributed by atoms with E-state index < -0.39 is 0 Å². The van der Waals surface area contributed by atoms with Gasteiger partial charge in [-0.15, -0.1) is 11.3 Å². The summed E-state index contributed by atoms with van der Waals surface area (Å²) >= 11 is 1.79. The van der Waals surface area contributed by atoms with Crippen molar-refractivity contribution < 1.29 is 0 Å². The van der Waals surface area contributed by atoms with Crippen LogP contribution in [0.4, 0.5) is 0 Å².